The molecule has 2 rings (SSSR count). The molecule has 0 aromatic heterocycles. The number of rotatable bonds is 6. The van der Waals surface area contributed by atoms with E-state index in [-0.39, 0.29) is 12.6 Å². The Hall–Kier alpha value is -1.55. The molecule has 1 atom stereocenters. The van der Waals surface area contributed by atoms with Crippen molar-refractivity contribution in [3.8, 4) is 0 Å². The summed E-state index contributed by atoms with van der Waals surface area (Å²) in [6.45, 7) is 6.06. The third-order valence-electron chi connectivity index (χ3n) is 4.21. The number of nitrogens with zero attached hydrogens (tertiary/aromatic N) is 2. The molecule has 0 saturated carbocycles. The number of carboxylic acid groups (broad SMARTS) is 1. The molecular formula is C16H24N2O2. The van der Waals surface area contributed by atoms with Gasteiger partial charge >= 0.3 is 5.97 Å². The molecule has 0 aliphatic carbocycles. The summed E-state index contributed by atoms with van der Waals surface area (Å²) in [6.07, 6.45) is 2.04. The van der Waals surface area contributed by atoms with Gasteiger partial charge in [0.05, 0.1) is 6.54 Å². The molecule has 1 heterocycles. The van der Waals surface area contributed by atoms with E-state index in [4.69, 9.17) is 5.11 Å². The Labute approximate surface area is 121 Å². The van der Waals surface area contributed by atoms with Crippen molar-refractivity contribution in [1.29, 1.82) is 0 Å². The highest BCUT2D eigenvalue weighted by molar-refractivity contribution is 5.69. The van der Waals surface area contributed by atoms with Gasteiger partial charge in [-0.25, -0.2) is 0 Å². The maximum atomic E-state index is 11.0. The van der Waals surface area contributed by atoms with Crippen molar-refractivity contribution in [1.82, 2.24) is 4.90 Å². The lowest BCUT2D eigenvalue weighted by Crippen LogP contribution is -2.36. The van der Waals surface area contributed by atoms with E-state index in [9.17, 15) is 4.79 Å². The van der Waals surface area contributed by atoms with Crippen LogP contribution in [0.3, 0.4) is 0 Å². The van der Waals surface area contributed by atoms with Gasteiger partial charge in [-0.1, -0.05) is 19.1 Å². The largest absolute Gasteiger partial charge is 0.480 e. The Morgan fingerprint density at radius 1 is 1.50 bits per heavy atom. The second kappa shape index (κ2) is 6.27. The van der Waals surface area contributed by atoms with Crippen LogP contribution in [0.5, 0.6) is 0 Å². The highest BCUT2D eigenvalue weighted by atomic mass is 16.4. The van der Waals surface area contributed by atoms with Crippen LogP contribution >= 0.6 is 0 Å². The van der Waals surface area contributed by atoms with Crippen LogP contribution in [-0.4, -0.2) is 42.2 Å². The van der Waals surface area contributed by atoms with E-state index >= 15 is 0 Å². The monoisotopic (exact) mass is 276 g/mol. The van der Waals surface area contributed by atoms with Crippen LogP contribution in [0.2, 0.25) is 0 Å². The molecule has 0 bridgehead atoms. The molecule has 110 valence electrons. The number of aliphatic carboxylic acids is 1. The van der Waals surface area contributed by atoms with E-state index in [2.05, 4.69) is 44.0 Å². The van der Waals surface area contributed by atoms with Crippen LogP contribution in [-0.2, 0) is 17.8 Å². The van der Waals surface area contributed by atoms with Gasteiger partial charge in [-0.3, -0.25) is 9.69 Å². The van der Waals surface area contributed by atoms with Crippen LogP contribution < -0.4 is 4.90 Å². The third-order valence-corrected chi connectivity index (χ3v) is 4.21. The highest BCUT2D eigenvalue weighted by Gasteiger charge is 2.19. The predicted molar refractivity (Wildman–Crippen MR) is 81.2 cm³/mol. The topological polar surface area (TPSA) is 43.8 Å². The van der Waals surface area contributed by atoms with E-state index in [1.165, 1.54) is 16.8 Å². The average molecular weight is 276 g/mol. The Balaban J connectivity index is 2.12. The maximum absolute atomic E-state index is 11.0. The standard InChI is InChI=1S/C16H24N2O2/c1-4-12(2)18(11-16(19)20)10-13-5-6-15-14(9-13)7-8-17(15)3/h5-6,9,12H,4,7-8,10-11H2,1-3H3,(H,19,20). The van der Waals surface area contributed by atoms with E-state index < -0.39 is 5.97 Å². The van der Waals surface area contributed by atoms with Gasteiger partial charge in [0, 0.05) is 31.9 Å². The third kappa shape index (κ3) is 3.31. The summed E-state index contributed by atoms with van der Waals surface area (Å²) in [5.74, 6) is -0.758. The fourth-order valence-corrected chi connectivity index (χ4v) is 2.75. The number of hydrogen-bond acceptors (Lipinski definition) is 3. The molecule has 4 nitrogen and oxygen atoms in total. The van der Waals surface area contributed by atoms with Gasteiger partial charge in [-0.05, 0) is 37.0 Å². The smallest absolute Gasteiger partial charge is 0.317 e. The van der Waals surface area contributed by atoms with Crippen LogP contribution in [0, 0.1) is 0 Å². The molecule has 20 heavy (non-hydrogen) atoms. The number of benzene rings is 1. The van der Waals surface area contributed by atoms with Crippen molar-refractivity contribution < 1.29 is 9.90 Å². The minimum Gasteiger partial charge on any atom is -0.480 e. The first kappa shape index (κ1) is 14.9. The van der Waals surface area contributed by atoms with Crippen molar-refractivity contribution in [3.63, 3.8) is 0 Å². The summed E-state index contributed by atoms with van der Waals surface area (Å²) in [4.78, 5) is 15.3. The number of hydrogen-bond donors (Lipinski definition) is 1. The van der Waals surface area contributed by atoms with Crippen molar-refractivity contribution in [2.24, 2.45) is 0 Å². The van der Waals surface area contributed by atoms with Crippen molar-refractivity contribution in [2.75, 3.05) is 25.0 Å². The number of anilines is 1. The minimum absolute atomic E-state index is 0.103. The highest BCUT2D eigenvalue weighted by Crippen LogP contribution is 2.28. The fraction of sp³-hybridized carbons (Fsp3) is 0.562. The van der Waals surface area contributed by atoms with Gasteiger partial charge in [-0.2, -0.15) is 0 Å². The molecule has 0 radical (unpaired) electrons. The lowest BCUT2D eigenvalue weighted by atomic mass is 10.1. The molecule has 1 aromatic carbocycles. The average Bonchev–Trinajstić information content (AvgIpc) is 2.78. The summed E-state index contributed by atoms with van der Waals surface area (Å²) >= 11 is 0. The first-order valence-electron chi connectivity index (χ1n) is 7.30. The summed E-state index contributed by atoms with van der Waals surface area (Å²) in [5, 5.41) is 9.05. The maximum Gasteiger partial charge on any atom is 0.317 e. The van der Waals surface area contributed by atoms with Crippen molar-refractivity contribution in [3.05, 3.63) is 29.3 Å². The molecule has 1 aliphatic rings. The van der Waals surface area contributed by atoms with Crippen molar-refractivity contribution in [2.45, 2.75) is 39.3 Å². The quantitative estimate of drug-likeness (QED) is 0.866. The minimum atomic E-state index is -0.758. The van der Waals surface area contributed by atoms with Gasteiger partial charge in [0.2, 0.25) is 0 Å². The lowest BCUT2D eigenvalue weighted by Gasteiger charge is -2.27. The molecule has 1 N–H and O–H groups in total. The second-order valence-electron chi connectivity index (χ2n) is 5.69. The summed E-state index contributed by atoms with van der Waals surface area (Å²) < 4.78 is 0. The zero-order valence-electron chi connectivity index (χ0n) is 12.6. The number of likely N-dealkylation sites (N-methyl/N-ethyl adjacent to an activating group) is 1. The normalized spacial score (nSPS) is 15.5. The molecule has 1 aromatic rings. The summed E-state index contributed by atoms with van der Waals surface area (Å²) in [5.41, 5.74) is 3.90. The van der Waals surface area contributed by atoms with E-state index in [0.29, 0.717) is 6.54 Å². The molecule has 1 aliphatic heterocycles. The molecule has 1 unspecified atom stereocenters. The van der Waals surface area contributed by atoms with Crippen LogP contribution in [0.15, 0.2) is 18.2 Å². The SMILES string of the molecule is CCC(C)N(CC(=O)O)Cc1ccc2c(c1)CCN2C. The fourth-order valence-electron chi connectivity index (χ4n) is 2.75. The first-order chi connectivity index (χ1) is 9.51. The first-order valence-corrected chi connectivity index (χ1v) is 7.30. The van der Waals surface area contributed by atoms with Crippen LogP contribution in [0.1, 0.15) is 31.4 Å². The molecular weight excluding hydrogens is 252 g/mol. The van der Waals surface area contributed by atoms with Crippen LogP contribution in [0.25, 0.3) is 0 Å². The number of carboxylic acids is 1. The van der Waals surface area contributed by atoms with Gasteiger partial charge in [0.25, 0.3) is 0 Å². The lowest BCUT2D eigenvalue weighted by molar-refractivity contribution is -0.139. The van der Waals surface area contributed by atoms with Gasteiger partial charge < -0.3 is 10.0 Å². The predicted octanol–water partition coefficient (Wildman–Crippen LogP) is 2.36. The van der Waals surface area contributed by atoms with Gasteiger partial charge in [-0.15, -0.1) is 0 Å². The van der Waals surface area contributed by atoms with E-state index in [0.717, 1.165) is 19.4 Å². The van der Waals surface area contributed by atoms with Gasteiger partial charge in [0.1, 0.15) is 0 Å². The zero-order chi connectivity index (χ0) is 14.7. The molecule has 0 saturated heterocycles. The van der Waals surface area contributed by atoms with Gasteiger partial charge in [0.15, 0.2) is 0 Å². The Morgan fingerprint density at radius 3 is 2.90 bits per heavy atom. The molecule has 0 spiro atoms. The molecule has 0 amide bonds. The number of fused-ring (bicyclic) bond motifs is 1. The second-order valence-corrected chi connectivity index (χ2v) is 5.69. The van der Waals surface area contributed by atoms with Crippen LogP contribution in [0.4, 0.5) is 5.69 Å². The Morgan fingerprint density at radius 2 is 2.25 bits per heavy atom. The summed E-state index contributed by atoms with van der Waals surface area (Å²) in [7, 11) is 2.11. The number of carbonyl (C=O) groups is 1. The Kier molecular flexibility index (Phi) is 4.65. The van der Waals surface area contributed by atoms with E-state index in [1.807, 2.05) is 4.90 Å². The van der Waals surface area contributed by atoms with Crippen molar-refractivity contribution >= 4 is 11.7 Å². The molecule has 4 heteroatoms. The zero-order valence-corrected chi connectivity index (χ0v) is 12.6. The Bertz CT molecular complexity index is 487. The van der Waals surface area contributed by atoms with E-state index in [1.54, 1.807) is 0 Å². The molecule has 0 fully saturated rings. The summed E-state index contributed by atoms with van der Waals surface area (Å²) in [6, 6.07) is 6.79.